The number of aliphatic hydroxyl groups is 2. The molecule has 9 nitrogen and oxygen atoms in total. The van der Waals surface area contributed by atoms with Gasteiger partial charge in [0.2, 0.25) is 5.91 Å². The quantitative estimate of drug-likeness (QED) is 0.0306. The van der Waals surface area contributed by atoms with Gasteiger partial charge in [0.1, 0.15) is 0 Å². The van der Waals surface area contributed by atoms with Gasteiger partial charge in [-0.3, -0.25) is 13.8 Å². The number of unbranched alkanes of at least 4 members (excludes halogenated alkanes) is 27. The molecule has 0 saturated heterocycles. The highest BCUT2D eigenvalue weighted by molar-refractivity contribution is 7.47. The molecule has 0 saturated carbocycles. The average molecular weight is 749 g/mol. The van der Waals surface area contributed by atoms with Gasteiger partial charge in [-0.25, -0.2) is 4.57 Å². The van der Waals surface area contributed by atoms with E-state index in [2.05, 4.69) is 19.2 Å². The van der Waals surface area contributed by atoms with Gasteiger partial charge in [-0.2, -0.15) is 0 Å². The van der Waals surface area contributed by atoms with Gasteiger partial charge < -0.3 is 26.2 Å². The number of aliphatic hydroxyl groups excluding tert-OH is 2. The van der Waals surface area contributed by atoms with Gasteiger partial charge in [0.15, 0.2) is 0 Å². The average Bonchev–Trinajstić information content (AvgIpc) is 3.10. The number of nitrogens with one attached hydrogen (secondary N) is 1. The van der Waals surface area contributed by atoms with Gasteiger partial charge in [0.05, 0.1) is 37.9 Å². The molecule has 0 aliphatic carbocycles. The first-order valence-corrected chi connectivity index (χ1v) is 23.2. The maximum absolute atomic E-state index is 12.7. The summed E-state index contributed by atoms with van der Waals surface area (Å²) in [6, 6.07) is -0.889. The molecule has 0 rings (SSSR count). The number of amides is 1. The molecule has 0 heterocycles. The van der Waals surface area contributed by atoms with E-state index < -0.39 is 32.0 Å². The van der Waals surface area contributed by atoms with Crippen molar-refractivity contribution in [2.45, 2.75) is 238 Å². The van der Waals surface area contributed by atoms with Crippen molar-refractivity contribution in [2.75, 3.05) is 19.8 Å². The minimum Gasteiger partial charge on any atom is -0.393 e. The second-order valence-corrected chi connectivity index (χ2v) is 16.6. The first kappa shape index (κ1) is 50.5. The monoisotopic (exact) mass is 749 g/mol. The smallest absolute Gasteiger partial charge is 0.393 e. The minimum absolute atomic E-state index is 0.0624. The Morgan fingerprint density at radius 1 is 0.588 bits per heavy atom. The van der Waals surface area contributed by atoms with Crippen LogP contribution in [0.2, 0.25) is 0 Å². The summed E-state index contributed by atoms with van der Waals surface area (Å²) in [5.74, 6) is -0.413. The van der Waals surface area contributed by atoms with Crippen LogP contribution in [0.4, 0.5) is 0 Å². The number of hydrogen-bond acceptors (Lipinski definition) is 7. The van der Waals surface area contributed by atoms with Gasteiger partial charge in [0, 0.05) is 6.54 Å². The predicted molar refractivity (Wildman–Crippen MR) is 214 cm³/mol. The number of nitrogens with two attached hydrogens (primary N) is 1. The van der Waals surface area contributed by atoms with E-state index in [-0.39, 0.29) is 26.2 Å². The van der Waals surface area contributed by atoms with Crippen molar-refractivity contribution < 1.29 is 33.5 Å². The van der Waals surface area contributed by atoms with Crippen LogP contribution in [-0.2, 0) is 18.4 Å². The molecule has 1 amide bonds. The Balaban J connectivity index is 4.14. The van der Waals surface area contributed by atoms with E-state index >= 15 is 0 Å². The molecule has 51 heavy (non-hydrogen) atoms. The van der Waals surface area contributed by atoms with Crippen molar-refractivity contribution in [1.29, 1.82) is 0 Å². The summed E-state index contributed by atoms with van der Waals surface area (Å²) in [5.41, 5.74) is 5.36. The summed E-state index contributed by atoms with van der Waals surface area (Å²) in [6.07, 6.45) is 35.9. The first-order valence-electron chi connectivity index (χ1n) is 21.7. The zero-order chi connectivity index (χ0) is 37.7. The van der Waals surface area contributed by atoms with Crippen LogP contribution in [0.5, 0.6) is 0 Å². The van der Waals surface area contributed by atoms with Crippen LogP contribution in [0.25, 0.3) is 0 Å². The molecule has 0 fully saturated rings. The lowest BCUT2D eigenvalue weighted by Crippen LogP contribution is -2.47. The number of hydrogen-bond donors (Lipinski definition) is 5. The molecule has 0 aromatic carbocycles. The SMILES string of the molecule is CCCCCCCCCCCCCCCCCCCCCCCC(O)C(COP(=O)(O)OCCN)NC(=O)CC(O)CCCCCCCCCC. The third-order valence-corrected chi connectivity index (χ3v) is 11.0. The summed E-state index contributed by atoms with van der Waals surface area (Å²) >= 11 is 0. The molecule has 0 aliphatic heterocycles. The lowest BCUT2D eigenvalue weighted by Gasteiger charge is -2.25. The Labute approximate surface area is 315 Å². The van der Waals surface area contributed by atoms with Gasteiger partial charge in [-0.15, -0.1) is 0 Å². The molecular weight excluding hydrogens is 663 g/mol. The molecule has 0 spiro atoms. The van der Waals surface area contributed by atoms with E-state index in [1.165, 1.54) is 148 Å². The Bertz CT molecular complexity index is 791. The van der Waals surface area contributed by atoms with Crippen LogP contribution < -0.4 is 11.1 Å². The van der Waals surface area contributed by atoms with Gasteiger partial charge >= 0.3 is 7.82 Å². The summed E-state index contributed by atoms with van der Waals surface area (Å²) in [4.78, 5) is 22.7. The van der Waals surface area contributed by atoms with Crippen LogP contribution in [0, 0.1) is 0 Å². The Hall–Kier alpha value is -0.540. The van der Waals surface area contributed by atoms with Crippen molar-refractivity contribution in [3.8, 4) is 0 Å². The molecule has 0 aromatic rings. The third kappa shape index (κ3) is 36.2. The summed E-state index contributed by atoms with van der Waals surface area (Å²) in [5, 5.41) is 24.1. The van der Waals surface area contributed by atoms with E-state index in [0.717, 1.165) is 38.5 Å². The summed E-state index contributed by atoms with van der Waals surface area (Å²) < 4.78 is 22.1. The van der Waals surface area contributed by atoms with Crippen molar-refractivity contribution in [3.05, 3.63) is 0 Å². The fourth-order valence-corrected chi connectivity index (χ4v) is 7.47. The number of carbonyl (C=O) groups is 1. The van der Waals surface area contributed by atoms with Gasteiger partial charge in [-0.1, -0.05) is 200 Å². The molecule has 4 atom stereocenters. The van der Waals surface area contributed by atoms with Crippen molar-refractivity contribution in [1.82, 2.24) is 5.32 Å². The lowest BCUT2D eigenvalue weighted by atomic mass is 10.0. The second kappa shape index (κ2) is 37.8. The number of phosphoric ester groups is 1. The van der Waals surface area contributed by atoms with Crippen LogP contribution >= 0.6 is 7.82 Å². The highest BCUT2D eigenvalue weighted by Crippen LogP contribution is 2.43. The number of phosphoric acid groups is 1. The lowest BCUT2D eigenvalue weighted by molar-refractivity contribution is -0.125. The highest BCUT2D eigenvalue weighted by atomic mass is 31.2. The summed E-state index contributed by atoms with van der Waals surface area (Å²) in [6.45, 7) is 4.03. The number of rotatable bonds is 41. The molecule has 4 unspecified atom stereocenters. The molecule has 6 N–H and O–H groups in total. The third-order valence-electron chi connectivity index (χ3n) is 10.0. The maximum atomic E-state index is 12.7. The van der Waals surface area contributed by atoms with E-state index in [1.54, 1.807) is 0 Å². The molecule has 0 bridgehead atoms. The molecular formula is C41H85N2O7P. The number of carbonyl (C=O) groups excluding carboxylic acids is 1. The predicted octanol–water partition coefficient (Wildman–Crippen LogP) is 10.8. The molecule has 0 aliphatic rings. The standard InChI is InChI=1S/C41H85N2O7P/c1-3-5-7-9-11-13-14-15-16-17-18-19-20-21-22-23-24-25-27-29-31-33-40(45)39(37-50-51(47,48)49-35-34-42)43-41(46)36-38(44)32-30-28-26-12-10-8-6-4-2/h38-40,44-45H,3-37,42H2,1-2H3,(H,43,46)(H,47,48). The van der Waals surface area contributed by atoms with Crippen LogP contribution in [0.3, 0.4) is 0 Å². The first-order chi connectivity index (χ1) is 24.8. The Morgan fingerprint density at radius 2 is 0.941 bits per heavy atom. The Morgan fingerprint density at radius 3 is 1.31 bits per heavy atom. The minimum atomic E-state index is -4.37. The fourth-order valence-electron chi connectivity index (χ4n) is 6.71. The molecule has 306 valence electrons. The van der Waals surface area contributed by atoms with E-state index in [9.17, 15) is 24.5 Å². The van der Waals surface area contributed by atoms with E-state index in [1.807, 2.05) is 0 Å². The molecule has 0 radical (unpaired) electrons. The van der Waals surface area contributed by atoms with Crippen LogP contribution in [0.1, 0.15) is 219 Å². The highest BCUT2D eigenvalue weighted by Gasteiger charge is 2.28. The van der Waals surface area contributed by atoms with Crippen molar-refractivity contribution >= 4 is 13.7 Å². The van der Waals surface area contributed by atoms with Crippen LogP contribution in [0.15, 0.2) is 0 Å². The fraction of sp³-hybridized carbons (Fsp3) is 0.976. The largest absolute Gasteiger partial charge is 0.472 e. The van der Waals surface area contributed by atoms with Crippen LogP contribution in [-0.4, -0.2) is 59.0 Å². The maximum Gasteiger partial charge on any atom is 0.472 e. The second-order valence-electron chi connectivity index (χ2n) is 15.1. The molecule has 10 heteroatoms. The van der Waals surface area contributed by atoms with E-state index in [0.29, 0.717) is 12.8 Å². The Kier molecular flexibility index (Phi) is 37.4. The normalized spacial score (nSPS) is 14.7. The zero-order valence-corrected chi connectivity index (χ0v) is 34.4. The van der Waals surface area contributed by atoms with Crippen molar-refractivity contribution in [3.63, 3.8) is 0 Å². The zero-order valence-electron chi connectivity index (χ0n) is 33.5. The van der Waals surface area contributed by atoms with E-state index in [4.69, 9.17) is 14.8 Å². The van der Waals surface area contributed by atoms with Gasteiger partial charge in [0.25, 0.3) is 0 Å². The molecule has 0 aromatic heterocycles. The van der Waals surface area contributed by atoms with Crippen molar-refractivity contribution in [2.24, 2.45) is 5.73 Å². The summed E-state index contributed by atoms with van der Waals surface area (Å²) in [7, 11) is -4.37. The van der Waals surface area contributed by atoms with Gasteiger partial charge in [-0.05, 0) is 12.8 Å². The topological polar surface area (TPSA) is 151 Å².